The molecule has 0 radical (unpaired) electrons. The third-order valence-corrected chi connectivity index (χ3v) is 9.18. The molecule has 46 heavy (non-hydrogen) atoms. The van der Waals surface area contributed by atoms with Gasteiger partial charge in [-0.1, -0.05) is 11.3 Å². The molecule has 2 saturated heterocycles. The molecule has 2 aliphatic rings. The van der Waals surface area contributed by atoms with Gasteiger partial charge in [0, 0.05) is 49.2 Å². The Morgan fingerprint density at radius 1 is 1.13 bits per heavy atom. The van der Waals surface area contributed by atoms with Crippen LogP contribution in [-0.2, 0) is 22.3 Å². The van der Waals surface area contributed by atoms with Gasteiger partial charge >= 0.3 is 12.1 Å². The first kappa shape index (κ1) is 33.9. The van der Waals surface area contributed by atoms with Gasteiger partial charge in [0.1, 0.15) is 18.8 Å². The number of nitrogens with one attached hydrogen (secondary N) is 1. The van der Waals surface area contributed by atoms with E-state index in [1.807, 2.05) is 4.90 Å². The minimum absolute atomic E-state index is 0.0413. The van der Waals surface area contributed by atoms with E-state index in [1.165, 1.54) is 0 Å². The molecule has 2 aromatic heterocycles. The zero-order valence-corrected chi connectivity index (χ0v) is 26.2. The number of nitrogens with zero attached hydrogens (tertiary/aromatic N) is 6. The van der Waals surface area contributed by atoms with Crippen LogP contribution in [0.3, 0.4) is 0 Å². The molecule has 3 aromatic rings. The Bertz CT molecular complexity index is 1520. The van der Waals surface area contributed by atoms with Crippen molar-refractivity contribution in [1.82, 2.24) is 24.8 Å². The summed E-state index contributed by atoms with van der Waals surface area (Å²) in [7, 11) is 0. The molecule has 0 amide bonds. The lowest BCUT2D eigenvalue weighted by molar-refractivity contribution is -0.143. The molecule has 0 saturated carbocycles. The molecule has 0 aliphatic carbocycles. The van der Waals surface area contributed by atoms with Crippen LogP contribution in [0.15, 0.2) is 24.5 Å². The van der Waals surface area contributed by atoms with Gasteiger partial charge in [-0.05, 0) is 51.4 Å². The summed E-state index contributed by atoms with van der Waals surface area (Å²) >= 11 is 1.12. The van der Waals surface area contributed by atoms with Crippen molar-refractivity contribution in [3.8, 4) is 11.3 Å². The number of benzene rings is 1. The number of hydrogen-bond acceptors (Lipinski definition) is 10. The number of carbonyl (C=O) groups excluding carboxylic acids is 1. The highest BCUT2D eigenvalue weighted by Gasteiger charge is 2.33. The maximum Gasteiger partial charge on any atom is 0.416 e. The fraction of sp³-hybridized carbons (Fsp3) is 0.533. The number of likely N-dealkylation sites (tertiary alicyclic amines) is 1. The number of esters is 1. The largest absolute Gasteiger partial charge is 0.466 e. The summed E-state index contributed by atoms with van der Waals surface area (Å²) in [4.78, 5) is 30.6. The number of carbonyl (C=O) groups is 1. The fourth-order valence-corrected chi connectivity index (χ4v) is 6.81. The van der Waals surface area contributed by atoms with Crippen LogP contribution in [0.2, 0.25) is 0 Å². The summed E-state index contributed by atoms with van der Waals surface area (Å²) in [6, 6.07) is 1.93. The van der Waals surface area contributed by atoms with Crippen LogP contribution in [0.4, 0.5) is 43.1 Å². The Hall–Kier alpha value is -3.50. The van der Waals surface area contributed by atoms with Crippen LogP contribution in [0.1, 0.15) is 43.6 Å². The molecule has 5 rings (SSSR count). The monoisotopic (exact) mass is 671 g/mol. The standard InChI is InChI=1S/C30H35F6N7O2S/c1-3-45-24(44)6-8-41-9-10-43(15-22(41)14-31)28-25(33)27(37-17-38-28)40-29-39-26(23(46-29)16-42-7-4-5-18(42)2)19-11-20(30(34,35)36)13-21(32)12-19/h11-13,17-18,22H,3-10,14-16H2,1-2H3,(H,37,38,39,40)/t18-,22+/m1/s1. The molecule has 1 N–H and O–H groups in total. The lowest BCUT2D eigenvalue weighted by atomic mass is 10.1. The number of halogens is 6. The van der Waals surface area contributed by atoms with Crippen LogP contribution in [0.25, 0.3) is 11.3 Å². The highest BCUT2D eigenvalue weighted by Crippen LogP contribution is 2.39. The Morgan fingerprint density at radius 3 is 2.63 bits per heavy atom. The summed E-state index contributed by atoms with van der Waals surface area (Å²) in [5.41, 5.74) is -1.01. The molecule has 0 unspecified atom stereocenters. The number of rotatable bonds is 11. The van der Waals surface area contributed by atoms with Crippen molar-refractivity contribution >= 4 is 34.1 Å². The predicted molar refractivity (Wildman–Crippen MR) is 162 cm³/mol. The van der Waals surface area contributed by atoms with Crippen molar-refractivity contribution < 1.29 is 35.9 Å². The number of ether oxygens (including phenoxy) is 1. The molecular formula is C30H35F6N7O2S. The lowest BCUT2D eigenvalue weighted by Gasteiger charge is -2.40. The highest BCUT2D eigenvalue weighted by atomic mass is 32.1. The molecular weight excluding hydrogens is 636 g/mol. The van der Waals surface area contributed by atoms with E-state index in [1.54, 1.807) is 11.8 Å². The number of anilines is 3. The molecule has 250 valence electrons. The van der Waals surface area contributed by atoms with Crippen LogP contribution in [0, 0.1) is 11.6 Å². The van der Waals surface area contributed by atoms with Gasteiger partial charge in [0.15, 0.2) is 16.8 Å². The van der Waals surface area contributed by atoms with Crippen LogP contribution in [0.5, 0.6) is 0 Å². The summed E-state index contributed by atoms with van der Waals surface area (Å²) in [5, 5.41) is 3.00. The minimum Gasteiger partial charge on any atom is -0.466 e. The topological polar surface area (TPSA) is 86.7 Å². The first-order chi connectivity index (χ1) is 22.0. The number of alkyl halides is 4. The quantitative estimate of drug-likeness (QED) is 0.194. The van der Waals surface area contributed by atoms with Gasteiger partial charge in [-0.2, -0.15) is 17.6 Å². The molecule has 2 atom stereocenters. The number of hydrogen-bond donors (Lipinski definition) is 1. The van der Waals surface area contributed by atoms with Crippen LogP contribution >= 0.6 is 11.3 Å². The van der Waals surface area contributed by atoms with Crippen LogP contribution < -0.4 is 10.2 Å². The van der Waals surface area contributed by atoms with Crippen molar-refractivity contribution in [1.29, 1.82) is 0 Å². The Balaban J connectivity index is 1.39. The number of aromatic nitrogens is 3. The van der Waals surface area contributed by atoms with E-state index in [0.717, 1.165) is 49.2 Å². The summed E-state index contributed by atoms with van der Waals surface area (Å²) in [6.45, 7) is 5.57. The van der Waals surface area contributed by atoms with Gasteiger partial charge in [0.2, 0.25) is 5.82 Å². The Kier molecular flexibility index (Phi) is 10.7. The molecule has 9 nitrogen and oxygen atoms in total. The Labute approximate surface area is 266 Å². The van der Waals surface area contributed by atoms with Crippen molar-refractivity contribution in [2.24, 2.45) is 0 Å². The van der Waals surface area contributed by atoms with E-state index in [9.17, 15) is 26.7 Å². The molecule has 4 heterocycles. The smallest absolute Gasteiger partial charge is 0.416 e. The lowest BCUT2D eigenvalue weighted by Crippen LogP contribution is -2.55. The van der Waals surface area contributed by atoms with Gasteiger partial charge in [0.25, 0.3) is 0 Å². The normalized spacial score (nSPS) is 19.5. The van der Waals surface area contributed by atoms with E-state index in [2.05, 4.69) is 32.1 Å². The third kappa shape index (κ3) is 7.89. The van der Waals surface area contributed by atoms with E-state index in [4.69, 9.17) is 4.74 Å². The van der Waals surface area contributed by atoms with E-state index < -0.39 is 36.1 Å². The predicted octanol–water partition coefficient (Wildman–Crippen LogP) is 6.04. The van der Waals surface area contributed by atoms with E-state index in [0.29, 0.717) is 37.1 Å². The maximum absolute atomic E-state index is 15.9. The zero-order valence-electron chi connectivity index (χ0n) is 25.4. The van der Waals surface area contributed by atoms with Crippen LogP contribution in [-0.4, -0.2) is 88.8 Å². The van der Waals surface area contributed by atoms with Crippen molar-refractivity contribution in [2.45, 2.75) is 57.9 Å². The molecule has 1 aromatic carbocycles. The first-order valence-corrected chi connectivity index (χ1v) is 15.9. The average molecular weight is 672 g/mol. The molecule has 0 spiro atoms. The fourth-order valence-electron chi connectivity index (χ4n) is 5.80. The summed E-state index contributed by atoms with van der Waals surface area (Å²) in [5.74, 6) is -2.50. The van der Waals surface area contributed by atoms with Gasteiger partial charge < -0.3 is 15.0 Å². The van der Waals surface area contributed by atoms with Crippen molar-refractivity contribution in [3.63, 3.8) is 0 Å². The molecule has 2 fully saturated rings. The van der Waals surface area contributed by atoms with Gasteiger partial charge in [0.05, 0.1) is 30.3 Å². The molecule has 2 aliphatic heterocycles. The Morgan fingerprint density at radius 2 is 1.93 bits per heavy atom. The number of piperazine rings is 1. The summed E-state index contributed by atoms with van der Waals surface area (Å²) < 4.78 is 89.8. The molecule has 0 bridgehead atoms. The average Bonchev–Trinajstić information content (AvgIpc) is 3.61. The maximum atomic E-state index is 15.9. The van der Waals surface area contributed by atoms with Crippen molar-refractivity contribution in [2.75, 3.05) is 56.2 Å². The second-order valence-corrected chi connectivity index (χ2v) is 12.4. The highest BCUT2D eigenvalue weighted by molar-refractivity contribution is 7.16. The molecule has 16 heteroatoms. The third-order valence-electron chi connectivity index (χ3n) is 8.22. The SMILES string of the molecule is CCOC(=O)CCN1CCN(c2ncnc(Nc3nc(-c4cc(F)cc(C(F)(F)F)c4)c(CN4CCC[C@H]4C)s3)c2F)C[C@@H]1CF. The van der Waals surface area contributed by atoms with Gasteiger partial charge in [-0.25, -0.2) is 23.7 Å². The number of thiazole rings is 1. The second-order valence-electron chi connectivity index (χ2n) is 11.3. The second kappa shape index (κ2) is 14.5. The van der Waals surface area contributed by atoms with Gasteiger partial charge in [-0.15, -0.1) is 0 Å². The zero-order chi connectivity index (χ0) is 33.0. The van der Waals surface area contributed by atoms with Crippen molar-refractivity contribution in [3.05, 3.63) is 46.6 Å². The van der Waals surface area contributed by atoms with E-state index >= 15 is 4.39 Å². The van der Waals surface area contributed by atoms with E-state index in [-0.39, 0.29) is 59.6 Å². The van der Waals surface area contributed by atoms with Gasteiger partial charge in [-0.3, -0.25) is 14.6 Å². The summed E-state index contributed by atoms with van der Waals surface area (Å²) in [6.07, 6.45) is -1.55. The minimum atomic E-state index is -4.76. The first-order valence-electron chi connectivity index (χ1n) is 15.1.